The molecular formula is C16H28N2O2S2. The Hall–Kier alpha value is -0.430. The minimum absolute atomic E-state index is 0.00273. The SMILES string of the molecule is CCNCC1CCN(S(=O)(=O)c2ccc(C(C)(C)C)s2)CC1. The van der Waals surface area contributed by atoms with Gasteiger partial charge in [0.15, 0.2) is 0 Å². The first kappa shape index (κ1) is 17.9. The molecular weight excluding hydrogens is 316 g/mol. The molecule has 0 amide bonds. The van der Waals surface area contributed by atoms with Crippen molar-refractivity contribution in [3.05, 3.63) is 17.0 Å². The second-order valence-electron chi connectivity index (χ2n) is 7.02. The molecule has 0 spiro atoms. The standard InChI is InChI=1S/C16H28N2O2S2/c1-5-17-12-13-8-10-18(11-9-13)22(19,20)15-7-6-14(21-15)16(2,3)4/h6-7,13,17H,5,8-12H2,1-4H3. The van der Waals surface area contributed by atoms with E-state index in [0.717, 1.165) is 30.8 Å². The molecule has 1 saturated heterocycles. The Kier molecular flexibility index (Phi) is 5.69. The second-order valence-corrected chi connectivity index (χ2v) is 10.3. The maximum absolute atomic E-state index is 12.8. The predicted octanol–water partition coefficient (Wildman–Crippen LogP) is 3.06. The van der Waals surface area contributed by atoms with Gasteiger partial charge in [-0.2, -0.15) is 4.31 Å². The fourth-order valence-corrected chi connectivity index (χ4v) is 5.68. The molecule has 0 aliphatic carbocycles. The lowest BCUT2D eigenvalue weighted by atomic mass is 9.95. The highest BCUT2D eigenvalue weighted by molar-refractivity contribution is 7.91. The lowest BCUT2D eigenvalue weighted by molar-refractivity contribution is 0.269. The van der Waals surface area contributed by atoms with Gasteiger partial charge in [-0.25, -0.2) is 8.42 Å². The monoisotopic (exact) mass is 344 g/mol. The molecule has 0 unspecified atom stereocenters. The van der Waals surface area contributed by atoms with E-state index in [9.17, 15) is 8.42 Å². The molecule has 1 aromatic rings. The van der Waals surface area contributed by atoms with E-state index in [2.05, 4.69) is 33.0 Å². The van der Waals surface area contributed by atoms with Gasteiger partial charge in [-0.05, 0) is 49.4 Å². The molecule has 1 aliphatic rings. The van der Waals surface area contributed by atoms with E-state index < -0.39 is 10.0 Å². The molecule has 1 N–H and O–H groups in total. The number of nitrogens with one attached hydrogen (secondary N) is 1. The molecule has 1 fully saturated rings. The Morgan fingerprint density at radius 3 is 2.41 bits per heavy atom. The van der Waals surface area contributed by atoms with Gasteiger partial charge >= 0.3 is 0 Å². The van der Waals surface area contributed by atoms with Crippen molar-refractivity contribution in [3.8, 4) is 0 Å². The Bertz CT molecular complexity index is 580. The summed E-state index contributed by atoms with van der Waals surface area (Å²) < 4.78 is 27.7. The van der Waals surface area contributed by atoms with Crippen molar-refractivity contribution in [1.29, 1.82) is 0 Å². The maximum atomic E-state index is 12.8. The Balaban J connectivity index is 2.04. The summed E-state index contributed by atoms with van der Waals surface area (Å²) in [6.45, 7) is 11.7. The van der Waals surface area contributed by atoms with Gasteiger partial charge in [-0.3, -0.25) is 0 Å². The van der Waals surface area contributed by atoms with Crippen LogP contribution >= 0.6 is 11.3 Å². The lowest BCUT2D eigenvalue weighted by Crippen LogP contribution is -2.40. The van der Waals surface area contributed by atoms with Crippen LogP contribution in [-0.4, -0.2) is 38.9 Å². The van der Waals surface area contributed by atoms with Gasteiger partial charge in [0.2, 0.25) is 0 Å². The largest absolute Gasteiger partial charge is 0.317 e. The van der Waals surface area contributed by atoms with E-state index >= 15 is 0 Å². The van der Waals surface area contributed by atoms with Crippen molar-refractivity contribution in [1.82, 2.24) is 9.62 Å². The molecule has 0 radical (unpaired) electrons. The molecule has 0 saturated carbocycles. The number of hydrogen-bond acceptors (Lipinski definition) is 4. The van der Waals surface area contributed by atoms with Crippen LogP contribution < -0.4 is 5.32 Å². The maximum Gasteiger partial charge on any atom is 0.252 e. The van der Waals surface area contributed by atoms with Crippen molar-refractivity contribution >= 4 is 21.4 Å². The summed E-state index contributed by atoms with van der Waals surface area (Å²) in [5.74, 6) is 0.597. The van der Waals surface area contributed by atoms with Crippen molar-refractivity contribution in [3.63, 3.8) is 0 Å². The Morgan fingerprint density at radius 2 is 1.91 bits per heavy atom. The molecule has 1 aromatic heterocycles. The van der Waals surface area contributed by atoms with E-state index in [1.807, 2.05) is 6.07 Å². The number of rotatable bonds is 5. The van der Waals surface area contributed by atoms with Crippen LogP contribution in [0.5, 0.6) is 0 Å². The van der Waals surface area contributed by atoms with Crippen LogP contribution in [0.2, 0.25) is 0 Å². The van der Waals surface area contributed by atoms with Crippen LogP contribution in [0.1, 0.15) is 45.4 Å². The molecule has 126 valence electrons. The number of piperidine rings is 1. The average Bonchev–Trinajstić information content (AvgIpc) is 2.96. The summed E-state index contributed by atoms with van der Waals surface area (Å²) in [5.41, 5.74) is -0.00273. The first-order chi connectivity index (χ1) is 10.2. The van der Waals surface area contributed by atoms with Gasteiger partial charge in [0.05, 0.1) is 0 Å². The highest BCUT2D eigenvalue weighted by Gasteiger charge is 2.31. The first-order valence-electron chi connectivity index (χ1n) is 8.06. The zero-order valence-corrected chi connectivity index (χ0v) is 15.7. The number of thiophene rings is 1. The van der Waals surface area contributed by atoms with E-state index in [1.54, 1.807) is 10.4 Å². The quantitative estimate of drug-likeness (QED) is 0.893. The molecule has 6 heteroatoms. The molecule has 0 bridgehead atoms. The van der Waals surface area contributed by atoms with Gasteiger partial charge in [-0.15, -0.1) is 11.3 Å². The van der Waals surface area contributed by atoms with Gasteiger partial charge in [0.1, 0.15) is 4.21 Å². The van der Waals surface area contributed by atoms with Gasteiger partial charge in [0.25, 0.3) is 10.0 Å². The molecule has 2 heterocycles. The van der Waals surface area contributed by atoms with Gasteiger partial charge in [0, 0.05) is 18.0 Å². The topological polar surface area (TPSA) is 49.4 Å². The number of hydrogen-bond donors (Lipinski definition) is 1. The Morgan fingerprint density at radius 1 is 1.27 bits per heavy atom. The smallest absolute Gasteiger partial charge is 0.252 e. The third kappa shape index (κ3) is 4.10. The van der Waals surface area contributed by atoms with E-state index in [4.69, 9.17) is 0 Å². The van der Waals surface area contributed by atoms with Crippen LogP contribution in [0.15, 0.2) is 16.3 Å². The summed E-state index contributed by atoms with van der Waals surface area (Å²) in [6.07, 6.45) is 1.90. The highest BCUT2D eigenvalue weighted by Crippen LogP contribution is 2.34. The summed E-state index contributed by atoms with van der Waals surface area (Å²) in [4.78, 5) is 1.12. The molecule has 0 atom stereocenters. The normalized spacial score (nSPS) is 18.7. The molecule has 0 aromatic carbocycles. The van der Waals surface area contributed by atoms with E-state index in [1.165, 1.54) is 11.3 Å². The van der Waals surface area contributed by atoms with Crippen molar-refractivity contribution in [2.75, 3.05) is 26.2 Å². The zero-order valence-electron chi connectivity index (χ0n) is 14.1. The van der Waals surface area contributed by atoms with Gasteiger partial charge in [-0.1, -0.05) is 27.7 Å². The average molecular weight is 345 g/mol. The number of nitrogens with zero attached hydrogens (tertiary/aromatic N) is 1. The highest BCUT2D eigenvalue weighted by atomic mass is 32.2. The summed E-state index contributed by atoms with van der Waals surface area (Å²) in [6, 6.07) is 3.72. The van der Waals surface area contributed by atoms with E-state index in [0.29, 0.717) is 23.2 Å². The van der Waals surface area contributed by atoms with E-state index in [-0.39, 0.29) is 5.41 Å². The van der Waals surface area contributed by atoms with Crippen LogP contribution in [0.3, 0.4) is 0 Å². The summed E-state index contributed by atoms with van der Waals surface area (Å²) in [7, 11) is -3.31. The second kappa shape index (κ2) is 6.99. The third-order valence-corrected chi connectivity index (χ3v) is 8.05. The lowest BCUT2D eigenvalue weighted by Gasteiger charge is -2.30. The molecule has 4 nitrogen and oxygen atoms in total. The fourth-order valence-electron chi connectivity index (χ4n) is 2.69. The zero-order chi connectivity index (χ0) is 16.4. The van der Waals surface area contributed by atoms with Crippen LogP contribution in [0.25, 0.3) is 0 Å². The predicted molar refractivity (Wildman–Crippen MR) is 93.0 cm³/mol. The third-order valence-electron chi connectivity index (χ3n) is 4.17. The van der Waals surface area contributed by atoms with Crippen LogP contribution in [-0.2, 0) is 15.4 Å². The van der Waals surface area contributed by atoms with Gasteiger partial charge < -0.3 is 5.32 Å². The summed E-state index contributed by atoms with van der Waals surface area (Å²) >= 11 is 1.41. The minimum Gasteiger partial charge on any atom is -0.317 e. The van der Waals surface area contributed by atoms with Crippen molar-refractivity contribution in [2.24, 2.45) is 5.92 Å². The first-order valence-corrected chi connectivity index (χ1v) is 10.3. The van der Waals surface area contributed by atoms with Crippen LogP contribution in [0.4, 0.5) is 0 Å². The Labute approximate surface area is 139 Å². The van der Waals surface area contributed by atoms with Crippen LogP contribution in [0, 0.1) is 5.92 Å². The minimum atomic E-state index is -3.31. The fraction of sp³-hybridized carbons (Fsp3) is 0.750. The summed E-state index contributed by atoms with van der Waals surface area (Å²) in [5, 5.41) is 3.36. The van der Waals surface area contributed by atoms with Crippen molar-refractivity contribution < 1.29 is 8.42 Å². The number of sulfonamides is 1. The molecule has 2 rings (SSSR count). The molecule has 22 heavy (non-hydrogen) atoms. The molecule has 1 aliphatic heterocycles. The van der Waals surface area contributed by atoms with Crippen molar-refractivity contribution in [2.45, 2.75) is 50.2 Å².